The summed E-state index contributed by atoms with van der Waals surface area (Å²) in [6.07, 6.45) is 4.45. The number of aromatic hydroxyl groups is 2. The zero-order valence-electron chi connectivity index (χ0n) is 15.3. The number of hydrogen-bond donors (Lipinski definition) is 2. The second kappa shape index (κ2) is 10.1. The first-order valence-corrected chi connectivity index (χ1v) is 9.00. The molecule has 0 fully saturated rings. The molecule has 1 aromatic rings. The van der Waals surface area contributed by atoms with Crippen molar-refractivity contribution in [2.75, 3.05) is 13.1 Å². The summed E-state index contributed by atoms with van der Waals surface area (Å²) in [6.45, 7) is 9.30. The normalized spacial score (nSPS) is 12.0. The Morgan fingerprint density at radius 1 is 1.12 bits per heavy atom. The maximum atomic E-state index is 12.5. The van der Waals surface area contributed by atoms with E-state index in [0.29, 0.717) is 13.1 Å². The third-order valence-electron chi connectivity index (χ3n) is 4.10. The molecule has 0 saturated heterocycles. The quantitative estimate of drug-likeness (QED) is 0.667. The van der Waals surface area contributed by atoms with Crippen molar-refractivity contribution >= 4 is 5.91 Å². The number of hydrogen-bond acceptors (Lipinski definition) is 4. The minimum Gasteiger partial charge on any atom is -0.504 e. The predicted molar refractivity (Wildman–Crippen MR) is 95.9 cm³/mol. The molecule has 0 saturated carbocycles. The molecule has 1 unspecified atom stereocenters. The van der Waals surface area contributed by atoms with E-state index in [-0.39, 0.29) is 34.8 Å². The highest BCUT2D eigenvalue weighted by molar-refractivity contribution is 5.95. The molecule has 2 N–H and O–H groups in total. The molecule has 24 heavy (non-hydrogen) atoms. The number of rotatable bonds is 10. The first kappa shape index (κ1) is 20.1. The van der Waals surface area contributed by atoms with Crippen molar-refractivity contribution in [2.45, 2.75) is 65.9 Å². The van der Waals surface area contributed by atoms with E-state index in [2.05, 4.69) is 13.8 Å². The summed E-state index contributed by atoms with van der Waals surface area (Å²) < 4.78 is 5.73. The number of phenolic OH excluding ortho intramolecular Hbond substituents is 2. The lowest BCUT2D eigenvalue weighted by molar-refractivity contribution is 0.0761. The fraction of sp³-hybridized carbons (Fsp3) is 0.632. The summed E-state index contributed by atoms with van der Waals surface area (Å²) in [5.41, 5.74) is 0.277. The molecule has 0 aliphatic rings. The maximum Gasteiger partial charge on any atom is 0.254 e. The van der Waals surface area contributed by atoms with E-state index in [4.69, 9.17) is 4.74 Å². The predicted octanol–water partition coefficient (Wildman–Crippen LogP) is 4.32. The van der Waals surface area contributed by atoms with Gasteiger partial charge in [0.05, 0.1) is 6.10 Å². The van der Waals surface area contributed by atoms with Crippen LogP contribution >= 0.6 is 0 Å². The van der Waals surface area contributed by atoms with Crippen LogP contribution in [0.25, 0.3) is 0 Å². The minimum absolute atomic E-state index is 0.0588. The van der Waals surface area contributed by atoms with Crippen LogP contribution in [-0.4, -0.2) is 40.2 Å². The zero-order valence-corrected chi connectivity index (χ0v) is 15.3. The molecule has 5 heteroatoms. The Bertz CT molecular complexity index is 507. The van der Waals surface area contributed by atoms with Crippen molar-refractivity contribution in [3.8, 4) is 17.2 Å². The Morgan fingerprint density at radius 2 is 1.75 bits per heavy atom. The van der Waals surface area contributed by atoms with Crippen LogP contribution in [0.5, 0.6) is 17.2 Å². The van der Waals surface area contributed by atoms with E-state index in [1.807, 2.05) is 13.8 Å². The fourth-order valence-electron chi connectivity index (χ4n) is 2.61. The van der Waals surface area contributed by atoms with Crippen LogP contribution in [-0.2, 0) is 0 Å². The van der Waals surface area contributed by atoms with E-state index in [1.165, 1.54) is 12.1 Å². The average molecular weight is 337 g/mol. The van der Waals surface area contributed by atoms with E-state index >= 15 is 0 Å². The molecule has 0 aliphatic carbocycles. The van der Waals surface area contributed by atoms with Crippen molar-refractivity contribution in [3.63, 3.8) is 0 Å². The number of ether oxygens (including phenoxy) is 1. The molecule has 0 spiro atoms. The van der Waals surface area contributed by atoms with Gasteiger partial charge in [-0.1, -0.05) is 33.6 Å². The van der Waals surface area contributed by atoms with Gasteiger partial charge in [0.1, 0.15) is 0 Å². The van der Waals surface area contributed by atoms with Gasteiger partial charge >= 0.3 is 0 Å². The molecule has 1 rings (SSSR count). The molecular formula is C19H31NO4. The lowest BCUT2D eigenvalue weighted by Crippen LogP contribution is -2.31. The SMILES string of the molecule is CCCCN(CC)C(=O)c1cc(O)c(OC(CC)CCC)c(O)c1. The van der Waals surface area contributed by atoms with Crippen LogP contribution in [0.4, 0.5) is 0 Å². The molecule has 0 radical (unpaired) electrons. The highest BCUT2D eigenvalue weighted by Crippen LogP contribution is 2.38. The Labute approximate surface area is 145 Å². The van der Waals surface area contributed by atoms with E-state index in [9.17, 15) is 15.0 Å². The fourth-order valence-corrected chi connectivity index (χ4v) is 2.61. The molecule has 1 atom stereocenters. The highest BCUT2D eigenvalue weighted by Gasteiger charge is 2.20. The summed E-state index contributed by atoms with van der Waals surface area (Å²) >= 11 is 0. The largest absolute Gasteiger partial charge is 0.504 e. The zero-order chi connectivity index (χ0) is 18.1. The van der Waals surface area contributed by atoms with Gasteiger partial charge in [0.2, 0.25) is 5.75 Å². The molecule has 0 aliphatic heterocycles. The summed E-state index contributed by atoms with van der Waals surface area (Å²) in [4.78, 5) is 14.3. The third-order valence-corrected chi connectivity index (χ3v) is 4.10. The molecule has 0 aromatic heterocycles. The number of amides is 1. The minimum atomic E-state index is -0.195. The number of benzene rings is 1. The van der Waals surface area contributed by atoms with Gasteiger partial charge in [-0.05, 0) is 38.3 Å². The van der Waals surface area contributed by atoms with Crippen molar-refractivity contribution in [2.24, 2.45) is 0 Å². The van der Waals surface area contributed by atoms with Gasteiger partial charge in [-0.15, -0.1) is 0 Å². The Morgan fingerprint density at radius 3 is 2.21 bits per heavy atom. The van der Waals surface area contributed by atoms with Gasteiger partial charge < -0.3 is 19.8 Å². The van der Waals surface area contributed by atoms with Crippen molar-refractivity contribution in [3.05, 3.63) is 17.7 Å². The number of carbonyl (C=O) groups is 1. The van der Waals surface area contributed by atoms with Crippen LogP contribution in [0.2, 0.25) is 0 Å². The monoisotopic (exact) mass is 337 g/mol. The van der Waals surface area contributed by atoms with Gasteiger partial charge in [0, 0.05) is 18.7 Å². The Kier molecular flexibility index (Phi) is 8.44. The summed E-state index contributed by atoms with van der Waals surface area (Å²) in [7, 11) is 0. The molecular weight excluding hydrogens is 306 g/mol. The first-order chi connectivity index (χ1) is 11.5. The molecule has 0 heterocycles. The van der Waals surface area contributed by atoms with Gasteiger partial charge in [0.15, 0.2) is 11.5 Å². The summed E-state index contributed by atoms with van der Waals surface area (Å²) in [5, 5.41) is 20.4. The van der Waals surface area contributed by atoms with Crippen molar-refractivity contribution < 1.29 is 19.7 Å². The standard InChI is InChI=1S/C19H31NO4/c1-5-9-11-20(8-4)19(23)14-12-16(21)18(17(22)13-14)24-15(7-3)10-6-2/h12-13,15,21-22H,5-11H2,1-4H3. The third kappa shape index (κ3) is 5.32. The van der Waals surface area contributed by atoms with E-state index in [0.717, 1.165) is 32.1 Å². The summed E-state index contributed by atoms with van der Waals surface area (Å²) in [5.74, 6) is -0.522. The second-order valence-corrected chi connectivity index (χ2v) is 6.02. The topological polar surface area (TPSA) is 70.0 Å². The van der Waals surface area contributed by atoms with Gasteiger partial charge in [0.25, 0.3) is 5.91 Å². The lowest BCUT2D eigenvalue weighted by atomic mass is 10.1. The van der Waals surface area contributed by atoms with E-state index in [1.54, 1.807) is 4.90 Å². The van der Waals surface area contributed by atoms with Crippen LogP contribution < -0.4 is 4.74 Å². The molecule has 136 valence electrons. The molecule has 5 nitrogen and oxygen atoms in total. The second-order valence-electron chi connectivity index (χ2n) is 6.02. The number of unbranched alkanes of at least 4 members (excludes halogenated alkanes) is 1. The van der Waals surface area contributed by atoms with Crippen molar-refractivity contribution in [1.82, 2.24) is 4.90 Å². The number of carbonyl (C=O) groups excluding carboxylic acids is 1. The van der Waals surface area contributed by atoms with Crippen LogP contribution in [0.1, 0.15) is 70.2 Å². The Hall–Kier alpha value is -1.91. The van der Waals surface area contributed by atoms with Crippen molar-refractivity contribution in [1.29, 1.82) is 0 Å². The lowest BCUT2D eigenvalue weighted by Gasteiger charge is -2.22. The highest BCUT2D eigenvalue weighted by atomic mass is 16.5. The van der Waals surface area contributed by atoms with Gasteiger partial charge in [-0.25, -0.2) is 0 Å². The summed E-state index contributed by atoms with van der Waals surface area (Å²) in [6, 6.07) is 2.76. The van der Waals surface area contributed by atoms with Crippen LogP contribution in [0, 0.1) is 0 Å². The maximum absolute atomic E-state index is 12.5. The molecule has 0 bridgehead atoms. The average Bonchev–Trinajstić information content (AvgIpc) is 2.57. The smallest absolute Gasteiger partial charge is 0.254 e. The van der Waals surface area contributed by atoms with Crippen LogP contribution in [0.15, 0.2) is 12.1 Å². The number of nitrogens with zero attached hydrogens (tertiary/aromatic N) is 1. The first-order valence-electron chi connectivity index (χ1n) is 9.00. The van der Waals surface area contributed by atoms with Gasteiger partial charge in [-0.2, -0.15) is 0 Å². The Balaban J connectivity index is 2.99. The van der Waals surface area contributed by atoms with Crippen LogP contribution in [0.3, 0.4) is 0 Å². The van der Waals surface area contributed by atoms with Gasteiger partial charge in [-0.3, -0.25) is 4.79 Å². The van der Waals surface area contributed by atoms with E-state index < -0.39 is 0 Å². The molecule has 1 amide bonds. The molecule has 1 aromatic carbocycles. The number of phenols is 2.